The van der Waals surface area contributed by atoms with E-state index >= 15 is 0 Å². The van der Waals surface area contributed by atoms with E-state index in [2.05, 4.69) is 10.1 Å². The van der Waals surface area contributed by atoms with Crippen molar-refractivity contribution in [1.82, 2.24) is 14.8 Å². The van der Waals surface area contributed by atoms with Gasteiger partial charge in [-0.05, 0) is 13.8 Å². The molecule has 0 spiro atoms. The molecular formula is C16H23N6O3+. The van der Waals surface area contributed by atoms with Crippen LogP contribution in [0.3, 0.4) is 0 Å². The summed E-state index contributed by atoms with van der Waals surface area (Å²) >= 11 is 0. The van der Waals surface area contributed by atoms with Crippen molar-refractivity contribution < 1.29 is 18.9 Å². The zero-order valence-electron chi connectivity index (χ0n) is 15.0. The summed E-state index contributed by atoms with van der Waals surface area (Å²) in [6, 6.07) is -0.960. The van der Waals surface area contributed by atoms with Crippen molar-refractivity contribution in [3.05, 3.63) is 12.2 Å². The van der Waals surface area contributed by atoms with E-state index in [1.165, 1.54) is 9.80 Å². The van der Waals surface area contributed by atoms with E-state index in [0.717, 1.165) is 5.71 Å². The van der Waals surface area contributed by atoms with E-state index in [-0.39, 0.29) is 18.5 Å². The van der Waals surface area contributed by atoms with Crippen molar-refractivity contribution in [3.8, 4) is 0 Å². The van der Waals surface area contributed by atoms with Crippen LogP contribution in [-0.2, 0) is 9.53 Å². The molecule has 9 heteroatoms. The van der Waals surface area contributed by atoms with Crippen LogP contribution in [0.4, 0.5) is 4.79 Å². The standard InChI is InChI=1S/C16H23N6O3/c1-5-6-7-20-14(23)12-13(19(3)16(20)24)17-15-21(12)10-11(2)18-22(15)8-9-25-4/h5-6,12H,7-10H2,1-4H3/q+1/b6-5+. The van der Waals surface area contributed by atoms with Gasteiger partial charge in [0.1, 0.15) is 13.1 Å². The summed E-state index contributed by atoms with van der Waals surface area (Å²) in [5, 5.41) is 6.23. The average molecular weight is 347 g/mol. The number of guanidine groups is 1. The van der Waals surface area contributed by atoms with Gasteiger partial charge in [0.2, 0.25) is 11.9 Å². The van der Waals surface area contributed by atoms with Crippen LogP contribution in [-0.4, -0.2) is 95.3 Å². The monoisotopic (exact) mass is 347 g/mol. The second-order valence-electron chi connectivity index (χ2n) is 6.11. The first kappa shape index (κ1) is 17.3. The van der Waals surface area contributed by atoms with E-state index in [9.17, 15) is 9.59 Å². The minimum absolute atomic E-state index is 0.253. The number of hydrazone groups is 1. The average Bonchev–Trinajstić information content (AvgIpc) is 2.97. The maximum atomic E-state index is 13.0. The van der Waals surface area contributed by atoms with Gasteiger partial charge in [-0.2, -0.15) is 0 Å². The van der Waals surface area contributed by atoms with Crippen molar-refractivity contribution in [2.45, 2.75) is 19.9 Å². The highest BCUT2D eigenvalue weighted by Gasteiger charge is 2.54. The molecule has 0 aromatic heterocycles. The number of ether oxygens (including phenoxy) is 1. The van der Waals surface area contributed by atoms with Gasteiger partial charge in [-0.1, -0.05) is 17.1 Å². The number of carbonyl (C=O) groups is 2. The number of carbonyl (C=O) groups excluding carboxylic acids is 2. The minimum Gasteiger partial charge on any atom is -0.381 e. The summed E-state index contributed by atoms with van der Waals surface area (Å²) in [4.78, 5) is 32.8. The largest absolute Gasteiger partial charge is 0.416 e. The predicted octanol–water partition coefficient (Wildman–Crippen LogP) is -0.0564. The number of imide groups is 1. The number of amides is 3. The van der Waals surface area contributed by atoms with Crippen molar-refractivity contribution >= 4 is 29.4 Å². The van der Waals surface area contributed by atoms with Gasteiger partial charge >= 0.3 is 12.0 Å². The third-order valence-corrected chi connectivity index (χ3v) is 4.34. The third kappa shape index (κ3) is 2.84. The van der Waals surface area contributed by atoms with Crippen molar-refractivity contribution in [2.24, 2.45) is 10.1 Å². The Labute approximate surface area is 146 Å². The van der Waals surface area contributed by atoms with Crippen LogP contribution >= 0.6 is 0 Å². The molecule has 3 aliphatic rings. The van der Waals surface area contributed by atoms with Crippen LogP contribution in [0.15, 0.2) is 22.2 Å². The summed E-state index contributed by atoms with van der Waals surface area (Å²) in [7, 11) is 3.27. The summed E-state index contributed by atoms with van der Waals surface area (Å²) < 4.78 is 7.03. The number of amidine groups is 1. The number of methoxy groups -OCH3 is 1. The Bertz CT molecular complexity index is 723. The fourth-order valence-corrected chi connectivity index (χ4v) is 3.11. The molecule has 3 heterocycles. The first-order chi connectivity index (χ1) is 12.0. The molecule has 0 saturated carbocycles. The Kier molecular flexibility index (Phi) is 4.67. The number of allylic oxidation sites excluding steroid dienone is 1. The molecule has 1 unspecified atom stereocenters. The number of nitrogens with zero attached hydrogens (tertiary/aromatic N) is 6. The summed E-state index contributed by atoms with van der Waals surface area (Å²) in [6.07, 6.45) is 3.61. The summed E-state index contributed by atoms with van der Waals surface area (Å²) in [5.74, 6) is 0.786. The van der Waals surface area contributed by atoms with Crippen molar-refractivity contribution in [1.29, 1.82) is 0 Å². The lowest BCUT2D eigenvalue weighted by Gasteiger charge is -2.33. The number of fused-ring (bicyclic) bond motifs is 2. The normalized spacial score (nSPS) is 23.4. The van der Waals surface area contributed by atoms with E-state index < -0.39 is 6.04 Å². The van der Waals surface area contributed by atoms with Gasteiger partial charge in [0.15, 0.2) is 0 Å². The lowest BCUT2D eigenvalue weighted by Crippen LogP contribution is -2.63. The van der Waals surface area contributed by atoms with Gasteiger partial charge < -0.3 is 4.74 Å². The van der Waals surface area contributed by atoms with Crippen molar-refractivity contribution in [3.63, 3.8) is 0 Å². The Hall–Kier alpha value is -2.55. The maximum absolute atomic E-state index is 13.0. The molecule has 0 aromatic rings. The van der Waals surface area contributed by atoms with Crippen LogP contribution in [0.5, 0.6) is 0 Å². The van der Waals surface area contributed by atoms with Crippen LogP contribution in [0.25, 0.3) is 0 Å². The maximum Gasteiger partial charge on any atom is 0.416 e. The SMILES string of the molecule is C/C=C/CN1C(=O)C2C(=NC3=[N+]2CC(C)=NN3CCOC)N(C)C1=O. The molecule has 134 valence electrons. The number of rotatable bonds is 5. The molecular weight excluding hydrogens is 324 g/mol. The molecule has 9 nitrogen and oxygen atoms in total. The second-order valence-corrected chi connectivity index (χ2v) is 6.11. The van der Waals surface area contributed by atoms with Gasteiger partial charge in [-0.3, -0.25) is 14.6 Å². The molecule has 3 amide bonds. The fourth-order valence-electron chi connectivity index (χ4n) is 3.11. The fraction of sp³-hybridized carbons (Fsp3) is 0.562. The molecule has 3 rings (SSSR count). The van der Waals surface area contributed by atoms with Crippen LogP contribution in [0, 0.1) is 0 Å². The lowest BCUT2D eigenvalue weighted by molar-refractivity contribution is -0.527. The van der Waals surface area contributed by atoms with Crippen molar-refractivity contribution in [2.75, 3.05) is 40.4 Å². The Morgan fingerprint density at radius 1 is 1.40 bits per heavy atom. The number of hydrogen-bond acceptors (Lipinski definition) is 6. The molecule has 1 atom stereocenters. The van der Waals surface area contributed by atoms with Crippen LogP contribution in [0.1, 0.15) is 13.8 Å². The van der Waals surface area contributed by atoms with Gasteiger partial charge in [0.05, 0.1) is 12.3 Å². The molecule has 3 aliphatic heterocycles. The van der Waals surface area contributed by atoms with E-state index in [4.69, 9.17) is 4.74 Å². The number of aliphatic imine (C=N–C) groups is 1. The summed E-state index contributed by atoms with van der Waals surface area (Å²) in [5.41, 5.74) is 0.878. The van der Waals surface area contributed by atoms with Gasteiger partial charge in [-0.15, -0.1) is 10.1 Å². The summed E-state index contributed by atoms with van der Waals surface area (Å²) in [6.45, 7) is 5.54. The molecule has 0 aromatic carbocycles. The minimum atomic E-state index is -0.599. The zero-order valence-corrected chi connectivity index (χ0v) is 15.0. The molecule has 1 saturated heterocycles. The van der Waals surface area contributed by atoms with E-state index in [1.807, 2.05) is 24.5 Å². The number of urea groups is 1. The van der Waals surface area contributed by atoms with Gasteiger partial charge in [-0.25, -0.2) is 9.37 Å². The molecule has 25 heavy (non-hydrogen) atoms. The first-order valence-corrected chi connectivity index (χ1v) is 8.22. The second kappa shape index (κ2) is 6.75. The lowest BCUT2D eigenvalue weighted by atomic mass is 10.1. The highest BCUT2D eigenvalue weighted by Crippen LogP contribution is 2.22. The zero-order chi connectivity index (χ0) is 18.1. The molecule has 0 N–H and O–H groups in total. The molecule has 0 radical (unpaired) electrons. The number of hydrogen-bond donors (Lipinski definition) is 0. The molecule has 1 fully saturated rings. The number of likely N-dealkylation sites (N-methyl/N-ethyl adjacent to an activating group) is 1. The topological polar surface area (TPSA) is 80.8 Å². The Balaban J connectivity index is 1.96. The quantitative estimate of drug-likeness (QED) is 0.516. The molecule has 0 aliphatic carbocycles. The first-order valence-electron chi connectivity index (χ1n) is 8.22. The Morgan fingerprint density at radius 3 is 2.84 bits per heavy atom. The third-order valence-electron chi connectivity index (χ3n) is 4.34. The van der Waals surface area contributed by atoms with Crippen LogP contribution < -0.4 is 0 Å². The van der Waals surface area contributed by atoms with Crippen LogP contribution in [0.2, 0.25) is 0 Å². The van der Waals surface area contributed by atoms with E-state index in [1.54, 1.807) is 25.2 Å². The van der Waals surface area contributed by atoms with E-state index in [0.29, 0.717) is 31.5 Å². The Morgan fingerprint density at radius 2 is 2.16 bits per heavy atom. The predicted molar refractivity (Wildman–Crippen MR) is 92.7 cm³/mol. The van der Waals surface area contributed by atoms with Gasteiger partial charge in [0.25, 0.3) is 5.91 Å². The highest BCUT2D eigenvalue weighted by atomic mass is 16.5. The molecule has 0 bridgehead atoms. The highest BCUT2D eigenvalue weighted by molar-refractivity contribution is 6.23. The van der Waals surface area contributed by atoms with Gasteiger partial charge in [0, 0.05) is 20.7 Å². The smallest absolute Gasteiger partial charge is 0.381 e.